The van der Waals surface area contributed by atoms with E-state index < -0.39 is 15.6 Å². The lowest BCUT2D eigenvalue weighted by Crippen LogP contribution is -2.21. The van der Waals surface area contributed by atoms with Crippen molar-refractivity contribution in [3.63, 3.8) is 0 Å². The number of aromatic nitrogens is 3. The smallest absolute Gasteiger partial charge is 0.461 e. The molecule has 0 radical (unpaired) electrons. The molecule has 1 heterocycles. The van der Waals surface area contributed by atoms with Crippen LogP contribution in [0.3, 0.4) is 0 Å². The molecule has 7 aromatic rings. The summed E-state index contributed by atoms with van der Waals surface area (Å²) in [5.74, 6) is -0.150. The first-order chi connectivity index (χ1) is 31.9. The Bertz CT molecular complexity index is 2300. The molecule has 66 heavy (non-hydrogen) atoms. The fraction of sp³-hybridized carbons (Fsp3) is 0.200. The standard InChI is InChI=1S/C24H21N3O3.C16H16O2.C9H12O.CHF3O3S/c1-4-10-19(11-5-1)16-28-22-25-23(29-17-20-12-6-2-7-13-20)27-24(26-22)30-18-21-14-8-3-9-15-21;17-16(12-11-14-7-3-1-4-8-14)18-13-15-9-5-2-6-10-15;10-8-4-7-9-5-2-1-3-6-9;2-1(3,4)8(5,6)7/h1-15H,16-18H2;1-10H,11-13H2;1-3,5-6,10H,4,7-8H2;(H,5,6,7). The molecule has 16 heteroatoms. The van der Waals surface area contributed by atoms with Crippen LogP contribution < -0.4 is 14.2 Å². The largest absolute Gasteiger partial charge is 0.522 e. The quantitative estimate of drug-likeness (QED) is 0.0505. The lowest BCUT2D eigenvalue weighted by molar-refractivity contribution is -0.144. The summed E-state index contributed by atoms with van der Waals surface area (Å²) < 4.78 is 80.0. The van der Waals surface area contributed by atoms with Crippen molar-refractivity contribution < 1.29 is 55.0 Å². The fourth-order valence-corrected chi connectivity index (χ4v) is 5.31. The van der Waals surface area contributed by atoms with Crippen LogP contribution >= 0.6 is 0 Å². The van der Waals surface area contributed by atoms with Gasteiger partial charge in [0.25, 0.3) is 0 Å². The van der Waals surface area contributed by atoms with Crippen molar-refractivity contribution >= 4 is 16.1 Å². The monoisotopic (exact) mass is 925 g/mol. The highest BCUT2D eigenvalue weighted by Crippen LogP contribution is 2.21. The molecular weight excluding hydrogens is 876 g/mol. The van der Waals surface area contributed by atoms with E-state index in [1.165, 1.54) is 5.56 Å². The summed E-state index contributed by atoms with van der Waals surface area (Å²) in [6.45, 7) is 1.65. The maximum atomic E-state index is 11.6. The molecule has 346 valence electrons. The van der Waals surface area contributed by atoms with Gasteiger partial charge in [0.15, 0.2) is 0 Å². The van der Waals surface area contributed by atoms with Gasteiger partial charge in [-0.15, -0.1) is 15.0 Å². The molecule has 0 amide bonds. The van der Waals surface area contributed by atoms with Crippen molar-refractivity contribution in [1.29, 1.82) is 0 Å². The van der Waals surface area contributed by atoms with Crippen LogP contribution in [0, 0.1) is 0 Å². The van der Waals surface area contributed by atoms with Gasteiger partial charge in [0.05, 0.1) is 0 Å². The Labute approximate surface area is 382 Å². The summed E-state index contributed by atoms with van der Waals surface area (Å²) >= 11 is 0. The van der Waals surface area contributed by atoms with E-state index in [1.807, 2.05) is 170 Å². The molecule has 6 aromatic carbocycles. The van der Waals surface area contributed by atoms with Gasteiger partial charge in [-0.05, 0) is 52.6 Å². The zero-order chi connectivity index (χ0) is 47.3. The molecule has 0 fully saturated rings. The van der Waals surface area contributed by atoms with Crippen molar-refractivity contribution in [1.82, 2.24) is 15.0 Å². The number of nitrogens with zero attached hydrogens (tertiary/aromatic N) is 3. The van der Waals surface area contributed by atoms with Gasteiger partial charge in [0, 0.05) is 13.0 Å². The molecule has 0 unspecified atom stereocenters. The number of rotatable bonds is 17. The summed E-state index contributed by atoms with van der Waals surface area (Å²) in [7, 11) is -5.84. The topological polar surface area (TPSA) is 167 Å². The zero-order valence-corrected chi connectivity index (χ0v) is 36.6. The van der Waals surface area contributed by atoms with Crippen LogP contribution in [0.2, 0.25) is 0 Å². The number of esters is 1. The Morgan fingerprint density at radius 3 is 1.03 bits per heavy atom. The number of hydrogen-bond donors (Lipinski definition) is 2. The van der Waals surface area contributed by atoms with Crippen molar-refractivity contribution in [2.75, 3.05) is 6.61 Å². The summed E-state index contributed by atoms with van der Waals surface area (Å²) in [5, 5.41) is 8.53. The van der Waals surface area contributed by atoms with Crippen molar-refractivity contribution in [2.45, 2.75) is 57.6 Å². The molecule has 12 nitrogen and oxygen atoms in total. The lowest BCUT2D eigenvalue weighted by Gasteiger charge is -2.10. The number of ether oxygens (including phenoxy) is 4. The second kappa shape index (κ2) is 28.6. The summed E-state index contributed by atoms with van der Waals surface area (Å²) in [4.78, 5) is 24.4. The third kappa shape index (κ3) is 21.5. The van der Waals surface area contributed by atoms with Crippen LogP contribution in [0.1, 0.15) is 46.2 Å². The highest BCUT2D eigenvalue weighted by Gasteiger charge is 2.44. The van der Waals surface area contributed by atoms with Gasteiger partial charge < -0.3 is 24.1 Å². The van der Waals surface area contributed by atoms with Gasteiger partial charge in [-0.2, -0.15) is 21.6 Å². The Hall–Kier alpha value is -7.14. The zero-order valence-electron chi connectivity index (χ0n) is 35.8. The van der Waals surface area contributed by atoms with Gasteiger partial charge in [-0.3, -0.25) is 9.35 Å². The molecule has 2 N–H and O–H groups in total. The number of aryl methyl sites for hydroxylation is 2. The third-order valence-corrected chi connectivity index (χ3v) is 9.25. The van der Waals surface area contributed by atoms with Crippen LogP contribution in [0.25, 0.3) is 0 Å². The van der Waals surface area contributed by atoms with E-state index in [1.54, 1.807) is 0 Å². The van der Waals surface area contributed by atoms with Crippen LogP contribution in [0.4, 0.5) is 13.2 Å². The molecule has 0 aliphatic carbocycles. The number of aliphatic hydroxyl groups is 1. The average Bonchev–Trinajstić information content (AvgIpc) is 3.34. The number of carbonyl (C=O) groups is 1. The van der Waals surface area contributed by atoms with Crippen molar-refractivity contribution in [3.8, 4) is 18.0 Å². The highest BCUT2D eigenvalue weighted by atomic mass is 32.2. The molecule has 7 rings (SSSR count). The summed E-state index contributed by atoms with van der Waals surface area (Å²) in [5.41, 5.74) is 0.980. The van der Waals surface area contributed by atoms with Gasteiger partial charge in [-0.25, -0.2) is 0 Å². The first kappa shape index (κ1) is 51.5. The third-order valence-electron chi connectivity index (χ3n) is 8.67. The van der Waals surface area contributed by atoms with Gasteiger partial charge in [-0.1, -0.05) is 182 Å². The van der Waals surface area contributed by atoms with E-state index in [4.69, 9.17) is 37.0 Å². The molecule has 0 saturated carbocycles. The van der Waals surface area contributed by atoms with E-state index >= 15 is 0 Å². The summed E-state index contributed by atoms with van der Waals surface area (Å²) in [6.07, 6.45) is 3.01. The predicted molar refractivity (Wildman–Crippen MR) is 243 cm³/mol. The molecular formula is C50H50F3N3O9S. The normalized spacial score (nSPS) is 10.6. The second-order valence-electron chi connectivity index (χ2n) is 13.9. The van der Waals surface area contributed by atoms with Gasteiger partial charge >= 0.3 is 39.6 Å². The number of halogens is 3. The SMILES string of the molecule is O=C(CCc1ccccc1)OCc1ccccc1.O=S(=O)(O)C(F)(F)F.OCCCc1ccccc1.c1ccc(COc2nc(OCc3ccccc3)nc(OCc3ccccc3)n2)cc1. The van der Waals surface area contributed by atoms with Gasteiger partial charge in [0.2, 0.25) is 0 Å². The molecule has 0 spiro atoms. The van der Waals surface area contributed by atoms with Crippen molar-refractivity contribution in [2.24, 2.45) is 0 Å². The second-order valence-corrected chi connectivity index (χ2v) is 15.3. The van der Waals surface area contributed by atoms with E-state index in [0.29, 0.717) is 32.8 Å². The van der Waals surface area contributed by atoms with Crippen molar-refractivity contribution in [3.05, 3.63) is 215 Å². The fourth-order valence-electron chi connectivity index (χ4n) is 5.31. The Morgan fingerprint density at radius 1 is 0.470 bits per heavy atom. The molecule has 0 saturated heterocycles. The van der Waals surface area contributed by atoms with Gasteiger partial charge in [0.1, 0.15) is 26.4 Å². The van der Waals surface area contributed by atoms with E-state index in [9.17, 15) is 18.0 Å². The van der Waals surface area contributed by atoms with Crippen LogP contribution in [-0.4, -0.2) is 51.1 Å². The number of aliphatic hydroxyl groups excluding tert-OH is 1. The van der Waals surface area contributed by atoms with Crippen LogP contribution in [-0.2, 0) is 58.9 Å². The minimum atomic E-state index is -5.84. The lowest BCUT2D eigenvalue weighted by atomic mass is 10.1. The first-order valence-corrected chi connectivity index (χ1v) is 22.0. The van der Waals surface area contributed by atoms with E-state index in [-0.39, 0.29) is 30.6 Å². The predicted octanol–water partition coefficient (Wildman–Crippen LogP) is 9.98. The Balaban J connectivity index is 0.000000222. The minimum Gasteiger partial charge on any atom is -0.461 e. The molecule has 0 bridgehead atoms. The van der Waals surface area contributed by atoms with Crippen LogP contribution in [0.5, 0.6) is 18.0 Å². The molecule has 1 aromatic heterocycles. The highest BCUT2D eigenvalue weighted by molar-refractivity contribution is 7.86. The maximum absolute atomic E-state index is 11.6. The number of alkyl halides is 3. The molecule has 0 atom stereocenters. The Morgan fingerprint density at radius 2 is 0.742 bits per heavy atom. The van der Waals surface area contributed by atoms with E-state index in [0.717, 1.165) is 47.1 Å². The molecule has 0 aliphatic heterocycles. The average molecular weight is 926 g/mol. The van der Waals surface area contributed by atoms with Crippen LogP contribution in [0.15, 0.2) is 182 Å². The maximum Gasteiger partial charge on any atom is 0.522 e. The number of carbonyl (C=O) groups excluding carboxylic acids is 1. The number of hydrogen-bond acceptors (Lipinski definition) is 11. The van der Waals surface area contributed by atoms with E-state index in [2.05, 4.69) is 27.1 Å². The Kier molecular flexibility index (Phi) is 22.3. The number of benzene rings is 6. The summed E-state index contributed by atoms with van der Waals surface area (Å²) in [6, 6.07) is 59.8. The molecule has 0 aliphatic rings. The minimum absolute atomic E-state index is 0.150. The first-order valence-electron chi connectivity index (χ1n) is 20.6.